The van der Waals surface area contributed by atoms with Gasteiger partial charge in [-0.1, -0.05) is 12.1 Å². The zero-order valence-electron chi connectivity index (χ0n) is 8.83. The monoisotopic (exact) mass is 191 g/mol. The van der Waals surface area contributed by atoms with E-state index in [9.17, 15) is 5.11 Å². The largest absolute Gasteiger partial charge is 0.389 e. The third kappa shape index (κ3) is 1.50. The molecule has 1 heterocycles. The maximum absolute atomic E-state index is 9.50. The van der Waals surface area contributed by atoms with Gasteiger partial charge < -0.3 is 10.0 Å². The van der Waals surface area contributed by atoms with Crippen molar-refractivity contribution in [2.24, 2.45) is 0 Å². The number of aliphatic hydroxyl groups is 1. The number of benzene rings is 1. The average molecular weight is 191 g/mol. The normalized spacial score (nSPS) is 16.9. The van der Waals surface area contributed by atoms with Crippen LogP contribution in [0.5, 0.6) is 0 Å². The summed E-state index contributed by atoms with van der Waals surface area (Å²) >= 11 is 0. The van der Waals surface area contributed by atoms with Crippen LogP contribution in [0.1, 0.15) is 31.1 Å². The van der Waals surface area contributed by atoms with Crippen molar-refractivity contribution < 1.29 is 5.11 Å². The highest BCUT2D eigenvalue weighted by molar-refractivity contribution is 5.59. The Morgan fingerprint density at radius 2 is 2.29 bits per heavy atom. The molecule has 14 heavy (non-hydrogen) atoms. The summed E-state index contributed by atoms with van der Waals surface area (Å²) in [5, 5.41) is 9.50. The van der Waals surface area contributed by atoms with Crippen molar-refractivity contribution in [3.8, 4) is 0 Å². The van der Waals surface area contributed by atoms with Crippen LogP contribution >= 0.6 is 0 Å². The molecule has 0 amide bonds. The van der Waals surface area contributed by atoms with Gasteiger partial charge in [0.05, 0.1) is 6.10 Å². The van der Waals surface area contributed by atoms with Gasteiger partial charge in [-0.25, -0.2) is 0 Å². The van der Waals surface area contributed by atoms with Crippen LogP contribution < -0.4 is 4.90 Å². The molecule has 1 aromatic carbocycles. The van der Waals surface area contributed by atoms with Gasteiger partial charge in [-0.3, -0.25) is 0 Å². The first kappa shape index (κ1) is 9.53. The van der Waals surface area contributed by atoms with Crippen LogP contribution in [0.4, 0.5) is 5.69 Å². The lowest BCUT2D eigenvalue weighted by Gasteiger charge is -2.17. The van der Waals surface area contributed by atoms with Crippen molar-refractivity contribution in [1.29, 1.82) is 0 Å². The average Bonchev–Trinajstić information content (AvgIpc) is 2.59. The van der Waals surface area contributed by atoms with Gasteiger partial charge in [0, 0.05) is 18.8 Å². The van der Waals surface area contributed by atoms with Crippen LogP contribution in [0.15, 0.2) is 18.2 Å². The van der Waals surface area contributed by atoms with Gasteiger partial charge in [0.15, 0.2) is 0 Å². The first-order valence-corrected chi connectivity index (χ1v) is 5.28. The minimum Gasteiger partial charge on any atom is -0.389 e. The van der Waals surface area contributed by atoms with E-state index < -0.39 is 0 Å². The number of rotatable bonds is 2. The second-order valence-electron chi connectivity index (χ2n) is 3.89. The molecule has 0 spiro atoms. The minimum atomic E-state index is -0.361. The highest BCUT2D eigenvalue weighted by atomic mass is 16.3. The van der Waals surface area contributed by atoms with Crippen molar-refractivity contribution in [1.82, 2.24) is 0 Å². The number of fused-ring (bicyclic) bond motifs is 1. The first-order chi connectivity index (χ1) is 6.72. The Kier molecular flexibility index (Phi) is 2.46. The summed E-state index contributed by atoms with van der Waals surface area (Å²) in [6.07, 6.45) is 0.781. The summed E-state index contributed by atoms with van der Waals surface area (Å²) < 4.78 is 0. The first-order valence-electron chi connectivity index (χ1n) is 5.28. The molecule has 2 nitrogen and oxygen atoms in total. The van der Waals surface area contributed by atoms with E-state index in [0.29, 0.717) is 0 Å². The number of hydrogen-bond donors (Lipinski definition) is 1. The Bertz CT molecular complexity index is 333. The topological polar surface area (TPSA) is 23.5 Å². The minimum absolute atomic E-state index is 0.361. The van der Waals surface area contributed by atoms with Crippen LogP contribution in [-0.4, -0.2) is 18.2 Å². The quantitative estimate of drug-likeness (QED) is 0.774. The second-order valence-corrected chi connectivity index (χ2v) is 3.89. The van der Waals surface area contributed by atoms with E-state index in [-0.39, 0.29) is 6.10 Å². The lowest BCUT2D eigenvalue weighted by atomic mass is 10.1. The molecular formula is C12H17NO. The summed E-state index contributed by atoms with van der Waals surface area (Å²) in [5.74, 6) is 0. The summed E-state index contributed by atoms with van der Waals surface area (Å²) in [5.41, 5.74) is 3.74. The molecule has 1 aliphatic rings. The standard InChI is InChI=1S/C12H17NO/c1-3-13-7-6-10-4-5-11(9(2)14)8-12(10)13/h4-5,8-9,14H,3,6-7H2,1-2H3. The Balaban J connectivity index is 2.37. The van der Waals surface area contributed by atoms with E-state index >= 15 is 0 Å². The van der Waals surface area contributed by atoms with Crippen LogP contribution in [0.25, 0.3) is 0 Å². The van der Waals surface area contributed by atoms with Gasteiger partial charge in [0.2, 0.25) is 0 Å². The maximum Gasteiger partial charge on any atom is 0.0762 e. The maximum atomic E-state index is 9.50. The van der Waals surface area contributed by atoms with Crippen LogP contribution in [-0.2, 0) is 6.42 Å². The summed E-state index contributed by atoms with van der Waals surface area (Å²) in [4.78, 5) is 2.36. The van der Waals surface area contributed by atoms with Gasteiger partial charge in [0.1, 0.15) is 0 Å². The molecule has 0 fully saturated rings. The zero-order chi connectivity index (χ0) is 10.1. The van der Waals surface area contributed by atoms with Crippen molar-refractivity contribution in [2.45, 2.75) is 26.4 Å². The Morgan fingerprint density at radius 1 is 1.50 bits per heavy atom. The third-order valence-electron chi connectivity index (χ3n) is 2.97. The van der Waals surface area contributed by atoms with Crippen molar-refractivity contribution >= 4 is 5.69 Å². The van der Waals surface area contributed by atoms with Gasteiger partial charge in [-0.15, -0.1) is 0 Å². The molecular weight excluding hydrogens is 174 g/mol. The molecule has 0 aliphatic carbocycles. The van der Waals surface area contributed by atoms with Crippen LogP contribution in [0, 0.1) is 0 Å². The van der Waals surface area contributed by atoms with Gasteiger partial charge in [-0.2, -0.15) is 0 Å². The fourth-order valence-corrected chi connectivity index (χ4v) is 2.05. The smallest absolute Gasteiger partial charge is 0.0762 e. The van der Waals surface area contributed by atoms with Crippen molar-refractivity contribution in [3.63, 3.8) is 0 Å². The zero-order valence-corrected chi connectivity index (χ0v) is 8.83. The summed E-state index contributed by atoms with van der Waals surface area (Å²) in [7, 11) is 0. The number of hydrogen-bond acceptors (Lipinski definition) is 2. The SMILES string of the molecule is CCN1CCc2ccc(C(C)O)cc21. The molecule has 1 N–H and O–H groups in total. The lowest BCUT2D eigenvalue weighted by Crippen LogP contribution is -2.19. The van der Waals surface area contributed by atoms with E-state index in [2.05, 4.69) is 24.0 Å². The van der Waals surface area contributed by atoms with Gasteiger partial charge in [-0.05, 0) is 37.5 Å². The highest BCUT2D eigenvalue weighted by Crippen LogP contribution is 2.30. The van der Waals surface area contributed by atoms with Crippen molar-refractivity contribution in [2.75, 3.05) is 18.0 Å². The van der Waals surface area contributed by atoms with Crippen molar-refractivity contribution in [3.05, 3.63) is 29.3 Å². The molecule has 1 unspecified atom stereocenters. The number of aliphatic hydroxyl groups excluding tert-OH is 1. The molecule has 2 heteroatoms. The molecule has 0 bridgehead atoms. The van der Waals surface area contributed by atoms with E-state index in [1.165, 1.54) is 11.3 Å². The Morgan fingerprint density at radius 3 is 2.93 bits per heavy atom. The predicted octanol–water partition coefficient (Wildman–Crippen LogP) is 2.12. The number of nitrogens with zero attached hydrogens (tertiary/aromatic N) is 1. The van der Waals surface area contributed by atoms with Gasteiger partial charge in [0.25, 0.3) is 0 Å². The predicted molar refractivity (Wildman–Crippen MR) is 58.7 cm³/mol. The Hall–Kier alpha value is -1.02. The van der Waals surface area contributed by atoms with Crippen LogP contribution in [0.3, 0.4) is 0 Å². The third-order valence-corrected chi connectivity index (χ3v) is 2.97. The van der Waals surface area contributed by atoms with E-state index in [0.717, 1.165) is 25.1 Å². The molecule has 1 aromatic rings. The molecule has 0 saturated carbocycles. The second kappa shape index (κ2) is 3.62. The Labute approximate surface area is 85.2 Å². The molecule has 76 valence electrons. The fourth-order valence-electron chi connectivity index (χ4n) is 2.05. The number of anilines is 1. The molecule has 0 aromatic heterocycles. The molecule has 1 aliphatic heterocycles. The number of likely N-dealkylation sites (N-methyl/N-ethyl adjacent to an activating group) is 1. The van der Waals surface area contributed by atoms with Gasteiger partial charge >= 0.3 is 0 Å². The van der Waals surface area contributed by atoms with E-state index in [1.54, 1.807) is 0 Å². The van der Waals surface area contributed by atoms with E-state index in [1.807, 2.05) is 13.0 Å². The van der Waals surface area contributed by atoms with E-state index in [4.69, 9.17) is 0 Å². The fraction of sp³-hybridized carbons (Fsp3) is 0.500. The molecule has 2 rings (SSSR count). The highest BCUT2D eigenvalue weighted by Gasteiger charge is 2.18. The molecule has 0 radical (unpaired) electrons. The molecule has 0 saturated heterocycles. The molecule has 1 atom stereocenters. The summed E-state index contributed by atoms with van der Waals surface area (Å²) in [6.45, 7) is 6.16. The lowest BCUT2D eigenvalue weighted by molar-refractivity contribution is 0.199. The van der Waals surface area contributed by atoms with Crippen LogP contribution in [0.2, 0.25) is 0 Å². The summed E-state index contributed by atoms with van der Waals surface area (Å²) in [6, 6.07) is 6.30.